The highest BCUT2D eigenvalue weighted by atomic mass is 16.2. The first-order valence-electron chi connectivity index (χ1n) is 8.24. The topological polar surface area (TPSA) is 44.0 Å². The Labute approximate surface area is 127 Å². The van der Waals surface area contributed by atoms with E-state index in [1.807, 2.05) is 53.7 Å². The summed E-state index contributed by atoms with van der Waals surface area (Å²) in [4.78, 5) is 24.4. The molecule has 0 radical (unpaired) electrons. The van der Waals surface area contributed by atoms with Crippen molar-refractivity contribution in [2.24, 2.45) is 0 Å². The highest BCUT2D eigenvalue weighted by Gasteiger charge is 2.10. The Morgan fingerprint density at radius 1 is 0.952 bits per heavy atom. The Balaban J connectivity index is 0.000000921. The van der Waals surface area contributed by atoms with Crippen molar-refractivity contribution in [1.82, 2.24) is 9.13 Å². The van der Waals surface area contributed by atoms with Crippen LogP contribution in [0.4, 0.5) is 0 Å². The van der Waals surface area contributed by atoms with Crippen LogP contribution in [0.25, 0.3) is 12.2 Å². The zero-order chi connectivity index (χ0) is 16.4. The Hall–Kier alpha value is -1.58. The van der Waals surface area contributed by atoms with Gasteiger partial charge in [-0.25, -0.2) is 4.79 Å². The molecule has 1 aliphatic carbocycles. The van der Waals surface area contributed by atoms with Crippen molar-refractivity contribution >= 4 is 12.2 Å². The minimum absolute atomic E-state index is 0.132. The second-order valence-corrected chi connectivity index (χ2v) is 4.27. The summed E-state index contributed by atoms with van der Waals surface area (Å²) in [6.07, 6.45) is 6.54. The molecule has 1 aliphatic rings. The molecule has 0 atom stereocenters. The number of hydrogen-bond donors (Lipinski definition) is 0. The normalized spacial score (nSPS) is 11.7. The Morgan fingerprint density at radius 2 is 1.52 bits per heavy atom. The average molecular weight is 294 g/mol. The molecule has 0 amide bonds. The molecule has 0 saturated heterocycles. The third-order valence-corrected chi connectivity index (χ3v) is 3.12. The molecule has 1 aromatic rings. The summed E-state index contributed by atoms with van der Waals surface area (Å²) in [5.41, 5.74) is -0.308. The fourth-order valence-corrected chi connectivity index (χ4v) is 2.32. The predicted octanol–water partition coefficient (Wildman–Crippen LogP) is 1.85. The van der Waals surface area contributed by atoms with Crippen molar-refractivity contribution in [1.29, 1.82) is 0 Å². The van der Waals surface area contributed by atoms with Crippen molar-refractivity contribution in [2.45, 2.75) is 73.9 Å². The molecule has 0 saturated carbocycles. The molecule has 0 N–H and O–H groups in total. The maximum atomic E-state index is 12.2. The summed E-state index contributed by atoms with van der Waals surface area (Å²) in [6, 6.07) is 0. The fraction of sp³-hybridized carbons (Fsp3) is 0.647. The first kappa shape index (κ1) is 19.4. The molecule has 0 spiro atoms. The van der Waals surface area contributed by atoms with E-state index in [-0.39, 0.29) is 11.2 Å². The molecule has 4 nitrogen and oxygen atoms in total. The van der Waals surface area contributed by atoms with Crippen LogP contribution in [0.15, 0.2) is 9.59 Å². The van der Waals surface area contributed by atoms with Gasteiger partial charge in [-0.05, 0) is 26.2 Å². The van der Waals surface area contributed by atoms with Crippen LogP contribution in [0.3, 0.4) is 0 Å². The van der Waals surface area contributed by atoms with E-state index >= 15 is 0 Å². The Bertz CT molecular complexity index is 651. The van der Waals surface area contributed by atoms with Crippen molar-refractivity contribution in [2.75, 3.05) is 0 Å². The van der Waals surface area contributed by atoms with Gasteiger partial charge in [0.2, 0.25) is 0 Å². The lowest BCUT2D eigenvalue weighted by Crippen LogP contribution is -2.58. The lowest BCUT2D eigenvalue weighted by atomic mass is 10.1. The molecule has 2 rings (SSSR count). The van der Waals surface area contributed by atoms with E-state index in [2.05, 4.69) is 0 Å². The fourth-order valence-electron chi connectivity index (χ4n) is 2.32. The molecule has 4 heteroatoms. The van der Waals surface area contributed by atoms with Gasteiger partial charge in [-0.15, -0.1) is 0 Å². The second-order valence-electron chi connectivity index (χ2n) is 4.27. The molecule has 0 unspecified atom stereocenters. The smallest absolute Gasteiger partial charge is 0.294 e. The van der Waals surface area contributed by atoms with Crippen molar-refractivity contribution < 1.29 is 0 Å². The summed E-state index contributed by atoms with van der Waals surface area (Å²) in [5.74, 6) is 0. The van der Waals surface area contributed by atoms with E-state index in [1.54, 1.807) is 4.57 Å². The van der Waals surface area contributed by atoms with Gasteiger partial charge < -0.3 is 0 Å². The molecule has 21 heavy (non-hydrogen) atoms. The van der Waals surface area contributed by atoms with Crippen LogP contribution in [0.5, 0.6) is 0 Å². The van der Waals surface area contributed by atoms with E-state index in [9.17, 15) is 9.59 Å². The van der Waals surface area contributed by atoms with E-state index in [0.29, 0.717) is 18.3 Å². The quantitative estimate of drug-likeness (QED) is 0.854. The van der Waals surface area contributed by atoms with Crippen molar-refractivity contribution in [3.8, 4) is 0 Å². The zero-order valence-corrected chi connectivity index (χ0v) is 14.4. The van der Waals surface area contributed by atoms with Gasteiger partial charge in [0.15, 0.2) is 0 Å². The summed E-state index contributed by atoms with van der Waals surface area (Å²) < 4.78 is 3.06. The van der Waals surface area contributed by atoms with E-state index in [1.165, 1.54) is 4.57 Å². The summed E-state index contributed by atoms with van der Waals surface area (Å²) in [5, 5.41) is 1.51. The van der Waals surface area contributed by atoms with Gasteiger partial charge in [-0.2, -0.15) is 0 Å². The molecular weight excluding hydrogens is 264 g/mol. The standard InChI is InChI=1S/C13H18N2O2.2C2H6/c1-3-9-15-12(16)10-7-5-6-8-11(10)14(4-2)13(15)17;2*1-2/h7-8H,3-6,9H2,1-2H3;2*1-2H3. The van der Waals surface area contributed by atoms with Gasteiger partial charge in [0.25, 0.3) is 5.56 Å². The third-order valence-electron chi connectivity index (χ3n) is 3.12. The maximum Gasteiger partial charge on any atom is 0.331 e. The van der Waals surface area contributed by atoms with E-state index in [4.69, 9.17) is 0 Å². The van der Waals surface area contributed by atoms with E-state index < -0.39 is 0 Å². The van der Waals surface area contributed by atoms with Crippen LogP contribution in [-0.4, -0.2) is 9.13 Å². The lowest BCUT2D eigenvalue weighted by Gasteiger charge is -2.11. The van der Waals surface area contributed by atoms with Gasteiger partial charge in [0, 0.05) is 13.1 Å². The summed E-state index contributed by atoms with van der Waals surface area (Å²) >= 11 is 0. The first-order valence-corrected chi connectivity index (χ1v) is 8.24. The van der Waals surface area contributed by atoms with Gasteiger partial charge in [0.05, 0.1) is 10.6 Å². The molecule has 0 aliphatic heterocycles. The highest BCUT2D eigenvalue weighted by molar-refractivity contribution is 5.34. The highest BCUT2D eigenvalue weighted by Crippen LogP contribution is 1.93. The lowest BCUT2D eigenvalue weighted by molar-refractivity contribution is 0.541. The SMILES string of the molecule is CC.CC.CCCn1c(=O)c2c(n(CC)c1=O)=CCCC=2. The molecule has 1 heterocycles. The molecule has 0 bridgehead atoms. The molecule has 0 fully saturated rings. The monoisotopic (exact) mass is 294 g/mol. The first-order chi connectivity index (χ1) is 10.2. The maximum absolute atomic E-state index is 12.2. The number of rotatable bonds is 3. The number of aromatic nitrogens is 2. The second kappa shape index (κ2) is 10.2. The van der Waals surface area contributed by atoms with Crippen molar-refractivity contribution in [3.05, 3.63) is 31.4 Å². The Morgan fingerprint density at radius 3 is 2.05 bits per heavy atom. The minimum Gasteiger partial charge on any atom is -0.294 e. The summed E-state index contributed by atoms with van der Waals surface area (Å²) in [7, 11) is 0. The van der Waals surface area contributed by atoms with Crippen LogP contribution < -0.4 is 21.8 Å². The van der Waals surface area contributed by atoms with Crippen LogP contribution in [0, 0.1) is 0 Å². The van der Waals surface area contributed by atoms with Crippen LogP contribution >= 0.6 is 0 Å². The predicted molar refractivity (Wildman–Crippen MR) is 91.0 cm³/mol. The zero-order valence-electron chi connectivity index (χ0n) is 14.4. The van der Waals surface area contributed by atoms with Crippen molar-refractivity contribution in [3.63, 3.8) is 0 Å². The molecular formula is C17H30N2O2. The summed E-state index contributed by atoms with van der Waals surface area (Å²) in [6.45, 7) is 13.0. The molecule has 0 aromatic carbocycles. The Kier molecular flexibility index (Phi) is 9.42. The average Bonchev–Trinajstić information content (AvgIpc) is 2.56. The van der Waals surface area contributed by atoms with Gasteiger partial charge >= 0.3 is 5.69 Å². The van der Waals surface area contributed by atoms with Crippen LogP contribution in [0.2, 0.25) is 0 Å². The van der Waals surface area contributed by atoms with Gasteiger partial charge in [-0.3, -0.25) is 13.9 Å². The number of nitrogens with zero attached hydrogens (tertiary/aromatic N) is 2. The minimum atomic E-state index is -0.176. The molecule has 1 aromatic heterocycles. The van der Waals surface area contributed by atoms with Crippen LogP contribution in [0.1, 0.15) is 60.8 Å². The van der Waals surface area contributed by atoms with Crippen LogP contribution in [-0.2, 0) is 13.1 Å². The molecule has 120 valence electrons. The number of hydrogen-bond acceptors (Lipinski definition) is 2. The third kappa shape index (κ3) is 4.19. The van der Waals surface area contributed by atoms with Gasteiger partial charge in [-0.1, -0.05) is 46.8 Å². The van der Waals surface area contributed by atoms with E-state index in [0.717, 1.165) is 24.6 Å². The largest absolute Gasteiger partial charge is 0.331 e. The van der Waals surface area contributed by atoms with Gasteiger partial charge in [0.1, 0.15) is 0 Å². The number of fused-ring (bicyclic) bond motifs is 1.